The molecule has 1 atom stereocenters. The van der Waals surface area contributed by atoms with Crippen molar-refractivity contribution < 1.29 is 19.1 Å². The Morgan fingerprint density at radius 3 is 2.47 bits per heavy atom. The van der Waals surface area contributed by atoms with Crippen LogP contribution in [-0.2, 0) is 9.53 Å². The van der Waals surface area contributed by atoms with E-state index >= 15 is 0 Å². The van der Waals surface area contributed by atoms with Gasteiger partial charge in [0.05, 0.1) is 18.2 Å². The summed E-state index contributed by atoms with van der Waals surface area (Å²) < 4.78 is 5.44. The maximum absolute atomic E-state index is 13.2. The maximum atomic E-state index is 13.2. The summed E-state index contributed by atoms with van der Waals surface area (Å²) in [6.45, 7) is 12.7. The molecule has 0 radical (unpaired) electrons. The fraction of sp³-hybridized carbons (Fsp3) is 0.560. The lowest BCUT2D eigenvalue weighted by molar-refractivity contribution is -0.139. The quantitative estimate of drug-likeness (QED) is 0.622. The number of esters is 1. The number of benzene rings is 1. The molecule has 2 aliphatic heterocycles. The second-order valence-electron chi connectivity index (χ2n) is 9.25. The largest absolute Gasteiger partial charge is 0.463 e. The van der Waals surface area contributed by atoms with Gasteiger partial charge in [-0.1, -0.05) is 23.8 Å². The number of hydrogen-bond acceptors (Lipinski definition) is 5. The minimum Gasteiger partial charge on any atom is -0.463 e. The number of amides is 4. The predicted octanol–water partition coefficient (Wildman–Crippen LogP) is 2.55. The van der Waals surface area contributed by atoms with Crippen LogP contribution in [0, 0.1) is 13.8 Å². The summed E-state index contributed by atoms with van der Waals surface area (Å²) in [5.74, 6) is -0.426. The van der Waals surface area contributed by atoms with E-state index in [0.29, 0.717) is 44.0 Å². The molecule has 3 rings (SSSR count). The number of hydrogen-bond donors (Lipinski definition) is 2. The van der Waals surface area contributed by atoms with Crippen LogP contribution < -0.4 is 10.6 Å². The van der Waals surface area contributed by atoms with E-state index in [2.05, 4.69) is 15.5 Å². The number of carbonyl (C=O) groups is 3. The monoisotopic (exact) mass is 471 g/mol. The molecule has 2 heterocycles. The Labute approximate surface area is 202 Å². The number of nitrogens with zero attached hydrogens (tertiary/aromatic N) is 3. The van der Waals surface area contributed by atoms with Crippen molar-refractivity contribution in [1.29, 1.82) is 0 Å². The number of piperazine rings is 1. The molecule has 0 bridgehead atoms. The summed E-state index contributed by atoms with van der Waals surface area (Å²) >= 11 is 0. The average molecular weight is 472 g/mol. The van der Waals surface area contributed by atoms with E-state index in [1.165, 1.54) is 4.90 Å². The number of nitrogens with one attached hydrogen (secondary N) is 2. The van der Waals surface area contributed by atoms with E-state index in [9.17, 15) is 14.4 Å². The molecule has 1 saturated heterocycles. The normalized spacial score (nSPS) is 19.4. The molecule has 186 valence electrons. The molecule has 0 spiro atoms. The van der Waals surface area contributed by atoms with Gasteiger partial charge in [-0.3, -0.25) is 9.80 Å². The van der Waals surface area contributed by atoms with Gasteiger partial charge in [-0.15, -0.1) is 0 Å². The summed E-state index contributed by atoms with van der Waals surface area (Å²) in [7, 11) is 1.68. The highest BCUT2D eigenvalue weighted by atomic mass is 16.5. The van der Waals surface area contributed by atoms with Gasteiger partial charge in [0, 0.05) is 51.5 Å². The van der Waals surface area contributed by atoms with Gasteiger partial charge in [-0.05, 0) is 45.7 Å². The Kier molecular flexibility index (Phi) is 8.19. The highest BCUT2D eigenvalue weighted by Gasteiger charge is 2.38. The lowest BCUT2D eigenvalue weighted by atomic mass is 9.90. The van der Waals surface area contributed by atoms with Gasteiger partial charge >= 0.3 is 18.0 Å². The number of ether oxygens (including phenoxy) is 1. The molecular weight excluding hydrogens is 434 g/mol. The van der Waals surface area contributed by atoms with Crippen LogP contribution in [0.15, 0.2) is 29.5 Å². The highest BCUT2D eigenvalue weighted by Crippen LogP contribution is 2.33. The average Bonchev–Trinajstić information content (AvgIpc) is 2.78. The second kappa shape index (κ2) is 10.9. The SMILES string of the molecule is CCOC(=O)C1=C(CN2CCN(C(=O)NC(C)C)CC2)N(C)C(=O)N[C@H]1c1cc(C)ccc1C. The topological polar surface area (TPSA) is 94.2 Å². The fourth-order valence-corrected chi connectivity index (χ4v) is 4.36. The number of carbonyl (C=O) groups excluding carboxylic acids is 3. The van der Waals surface area contributed by atoms with E-state index in [1.54, 1.807) is 18.9 Å². The molecule has 1 aromatic rings. The molecule has 0 unspecified atom stereocenters. The molecule has 2 N–H and O–H groups in total. The van der Waals surface area contributed by atoms with Crippen LogP contribution in [-0.4, -0.2) is 85.2 Å². The summed E-state index contributed by atoms with van der Waals surface area (Å²) in [5, 5.41) is 5.92. The van der Waals surface area contributed by atoms with Crippen LogP contribution in [0.25, 0.3) is 0 Å². The van der Waals surface area contributed by atoms with Crippen LogP contribution in [0.1, 0.15) is 43.5 Å². The van der Waals surface area contributed by atoms with Gasteiger partial charge in [-0.2, -0.15) is 0 Å². The van der Waals surface area contributed by atoms with Gasteiger partial charge in [0.15, 0.2) is 0 Å². The van der Waals surface area contributed by atoms with Gasteiger partial charge in [-0.25, -0.2) is 14.4 Å². The second-order valence-corrected chi connectivity index (χ2v) is 9.25. The first-order chi connectivity index (χ1) is 16.1. The Bertz CT molecular complexity index is 966. The number of likely N-dealkylation sites (N-methyl/N-ethyl adjacent to an activating group) is 1. The number of rotatable bonds is 6. The van der Waals surface area contributed by atoms with Gasteiger partial charge in [0.2, 0.25) is 0 Å². The van der Waals surface area contributed by atoms with Gasteiger partial charge in [0.25, 0.3) is 0 Å². The van der Waals surface area contributed by atoms with Crippen molar-refractivity contribution in [1.82, 2.24) is 25.3 Å². The molecule has 0 aromatic heterocycles. The summed E-state index contributed by atoms with van der Waals surface area (Å²) in [4.78, 5) is 43.9. The Morgan fingerprint density at radius 2 is 1.85 bits per heavy atom. The number of aryl methyl sites for hydroxylation is 2. The van der Waals surface area contributed by atoms with Crippen LogP contribution in [0.5, 0.6) is 0 Å². The molecule has 0 saturated carbocycles. The maximum Gasteiger partial charge on any atom is 0.338 e. The summed E-state index contributed by atoms with van der Waals surface area (Å²) in [6, 6.07) is 5.19. The van der Waals surface area contributed by atoms with E-state index in [0.717, 1.165) is 16.7 Å². The van der Waals surface area contributed by atoms with Crippen molar-refractivity contribution in [3.63, 3.8) is 0 Å². The first kappa shape index (κ1) is 25.6. The van der Waals surface area contributed by atoms with Crippen LogP contribution >= 0.6 is 0 Å². The first-order valence-corrected chi connectivity index (χ1v) is 11.9. The molecule has 4 amide bonds. The van der Waals surface area contributed by atoms with Crippen LogP contribution in [0.2, 0.25) is 0 Å². The van der Waals surface area contributed by atoms with Crippen molar-refractivity contribution in [3.05, 3.63) is 46.2 Å². The third-order valence-corrected chi connectivity index (χ3v) is 6.26. The molecule has 9 nitrogen and oxygen atoms in total. The standard InChI is InChI=1S/C25H37N5O4/c1-7-34-23(31)21-20(15-29-10-12-30(13-11-29)25(33)26-16(2)3)28(6)24(32)27-22(21)19-14-17(4)8-9-18(19)5/h8-9,14,16,22H,7,10-13,15H2,1-6H3,(H,26,33)(H,27,32)/t22-/m0/s1. The van der Waals surface area contributed by atoms with Crippen molar-refractivity contribution in [2.45, 2.75) is 46.7 Å². The Balaban J connectivity index is 1.91. The molecule has 1 aromatic carbocycles. The van der Waals surface area contributed by atoms with E-state index in [1.807, 2.05) is 45.9 Å². The third-order valence-electron chi connectivity index (χ3n) is 6.26. The molecule has 2 aliphatic rings. The Hall–Kier alpha value is -3.07. The van der Waals surface area contributed by atoms with Gasteiger partial charge < -0.3 is 20.3 Å². The number of urea groups is 2. The first-order valence-electron chi connectivity index (χ1n) is 11.9. The zero-order valence-corrected chi connectivity index (χ0v) is 21.1. The van der Waals surface area contributed by atoms with Gasteiger partial charge in [0.1, 0.15) is 0 Å². The smallest absolute Gasteiger partial charge is 0.338 e. The highest BCUT2D eigenvalue weighted by molar-refractivity contribution is 5.95. The third kappa shape index (κ3) is 5.70. The molecule has 34 heavy (non-hydrogen) atoms. The molecule has 9 heteroatoms. The zero-order chi connectivity index (χ0) is 25.0. The summed E-state index contributed by atoms with van der Waals surface area (Å²) in [6.07, 6.45) is 0. The van der Waals surface area contributed by atoms with Crippen LogP contribution in [0.3, 0.4) is 0 Å². The predicted molar refractivity (Wildman–Crippen MR) is 130 cm³/mol. The van der Waals surface area contributed by atoms with Crippen molar-refractivity contribution in [2.75, 3.05) is 46.4 Å². The molecule has 0 aliphatic carbocycles. The zero-order valence-electron chi connectivity index (χ0n) is 21.1. The minimum atomic E-state index is -0.587. The van der Waals surface area contributed by atoms with Crippen LogP contribution in [0.4, 0.5) is 9.59 Å². The minimum absolute atomic E-state index is 0.0646. The van der Waals surface area contributed by atoms with E-state index in [-0.39, 0.29) is 24.7 Å². The lowest BCUT2D eigenvalue weighted by Crippen LogP contribution is -2.55. The molecule has 1 fully saturated rings. The Morgan fingerprint density at radius 1 is 1.18 bits per heavy atom. The van der Waals surface area contributed by atoms with Crippen molar-refractivity contribution in [2.24, 2.45) is 0 Å². The van der Waals surface area contributed by atoms with Crippen molar-refractivity contribution in [3.8, 4) is 0 Å². The summed E-state index contributed by atoms with van der Waals surface area (Å²) in [5.41, 5.74) is 4.02. The molecular formula is C25H37N5O4. The van der Waals surface area contributed by atoms with E-state index < -0.39 is 12.0 Å². The fourth-order valence-electron chi connectivity index (χ4n) is 4.36. The van der Waals surface area contributed by atoms with E-state index in [4.69, 9.17) is 4.74 Å². The van der Waals surface area contributed by atoms with Crippen molar-refractivity contribution >= 4 is 18.0 Å². The lowest BCUT2D eigenvalue weighted by Gasteiger charge is -2.39.